The van der Waals surface area contributed by atoms with Crippen LogP contribution < -0.4 is 0 Å². The fourth-order valence-corrected chi connectivity index (χ4v) is 2.22. The molecule has 0 amide bonds. The normalized spacial score (nSPS) is 20.7. The zero-order valence-corrected chi connectivity index (χ0v) is 8.39. The van der Waals surface area contributed by atoms with E-state index in [1.54, 1.807) is 11.2 Å². The lowest BCUT2D eigenvalue weighted by Crippen LogP contribution is -2.35. The third kappa shape index (κ3) is 2.08. The molecular weight excluding hydrogens is 174 g/mol. The van der Waals surface area contributed by atoms with Gasteiger partial charge in [0.25, 0.3) is 0 Å². The van der Waals surface area contributed by atoms with Crippen molar-refractivity contribution in [1.29, 1.82) is 0 Å². The summed E-state index contributed by atoms with van der Waals surface area (Å²) in [5.74, 6) is 0.208. The molecule has 0 saturated heterocycles. The Labute approximate surface area is 74.1 Å². The van der Waals surface area contributed by atoms with E-state index in [2.05, 4.69) is 0 Å². The van der Waals surface area contributed by atoms with Gasteiger partial charge in [0.05, 0.1) is 5.75 Å². The average Bonchev–Trinajstić information content (AvgIpc) is 2.05. The lowest BCUT2D eigenvalue weighted by atomic mass is 10.1. The Bertz CT molecular complexity index is 279. The van der Waals surface area contributed by atoms with Gasteiger partial charge in [0.15, 0.2) is 0 Å². The first-order valence-electron chi connectivity index (χ1n) is 4.19. The van der Waals surface area contributed by atoms with Gasteiger partial charge in [-0.05, 0) is 20.3 Å². The molecule has 0 aromatic heterocycles. The van der Waals surface area contributed by atoms with Gasteiger partial charge < -0.3 is 0 Å². The molecule has 1 aliphatic heterocycles. The predicted octanol–water partition coefficient (Wildman–Crippen LogP) is 0.988. The molecule has 0 aliphatic carbocycles. The molecule has 1 aliphatic rings. The van der Waals surface area contributed by atoms with Gasteiger partial charge in [-0.15, -0.1) is 0 Å². The van der Waals surface area contributed by atoms with Crippen LogP contribution >= 0.6 is 0 Å². The highest BCUT2D eigenvalue weighted by Gasteiger charge is 2.20. The first-order valence-corrected chi connectivity index (χ1v) is 5.80. The van der Waals surface area contributed by atoms with Crippen molar-refractivity contribution in [2.45, 2.75) is 20.3 Å². The molecule has 4 heteroatoms. The number of hydrogen-bond acceptors (Lipinski definition) is 2. The number of hydrogen-bond donors (Lipinski definition) is 0. The maximum absolute atomic E-state index is 11.4. The second kappa shape index (κ2) is 3.58. The molecule has 12 heavy (non-hydrogen) atoms. The third-order valence-electron chi connectivity index (χ3n) is 2.16. The minimum absolute atomic E-state index is 0.208. The summed E-state index contributed by atoms with van der Waals surface area (Å²) in [6, 6.07) is 0. The van der Waals surface area contributed by atoms with E-state index in [-0.39, 0.29) is 5.75 Å². The van der Waals surface area contributed by atoms with Gasteiger partial charge in [0.1, 0.15) is 0 Å². The van der Waals surface area contributed by atoms with Crippen molar-refractivity contribution in [2.75, 3.05) is 18.8 Å². The maximum atomic E-state index is 11.4. The summed E-state index contributed by atoms with van der Waals surface area (Å²) in [5, 5.41) is 0. The van der Waals surface area contributed by atoms with E-state index in [0.717, 1.165) is 6.42 Å². The Morgan fingerprint density at radius 3 is 2.67 bits per heavy atom. The van der Waals surface area contributed by atoms with Crippen molar-refractivity contribution in [1.82, 2.24) is 4.31 Å². The van der Waals surface area contributed by atoms with Gasteiger partial charge in [-0.25, -0.2) is 8.42 Å². The summed E-state index contributed by atoms with van der Waals surface area (Å²) in [4.78, 5) is 0. The van der Waals surface area contributed by atoms with E-state index < -0.39 is 10.0 Å². The Morgan fingerprint density at radius 2 is 2.25 bits per heavy atom. The second-order valence-electron chi connectivity index (χ2n) is 3.06. The van der Waals surface area contributed by atoms with E-state index in [9.17, 15) is 8.42 Å². The molecule has 0 aromatic rings. The number of nitrogens with zero attached hydrogens (tertiary/aromatic N) is 1. The van der Waals surface area contributed by atoms with Gasteiger partial charge in [0, 0.05) is 13.1 Å². The van der Waals surface area contributed by atoms with Crippen LogP contribution in [0.5, 0.6) is 0 Å². The van der Waals surface area contributed by atoms with Crippen LogP contribution in [-0.2, 0) is 10.0 Å². The topological polar surface area (TPSA) is 37.4 Å². The van der Waals surface area contributed by atoms with Crippen LogP contribution in [0.2, 0.25) is 0 Å². The lowest BCUT2D eigenvalue weighted by molar-refractivity contribution is 0.432. The van der Waals surface area contributed by atoms with Gasteiger partial charge in [-0.3, -0.25) is 0 Å². The highest BCUT2D eigenvalue weighted by molar-refractivity contribution is 7.89. The Kier molecular flexibility index (Phi) is 2.90. The second-order valence-corrected chi connectivity index (χ2v) is 5.32. The van der Waals surface area contributed by atoms with Gasteiger partial charge >= 0.3 is 0 Å². The van der Waals surface area contributed by atoms with Crippen molar-refractivity contribution in [3.63, 3.8) is 0 Å². The first kappa shape index (κ1) is 9.74. The molecule has 70 valence electrons. The molecule has 0 saturated carbocycles. The van der Waals surface area contributed by atoms with Crippen molar-refractivity contribution >= 4 is 10.0 Å². The Hall–Kier alpha value is -0.350. The van der Waals surface area contributed by atoms with E-state index in [4.69, 9.17) is 0 Å². The number of rotatable bonds is 2. The smallest absolute Gasteiger partial charge is 0.212 e. The van der Waals surface area contributed by atoms with Crippen molar-refractivity contribution < 1.29 is 8.42 Å². The zero-order chi connectivity index (χ0) is 9.19. The molecule has 0 fully saturated rings. The van der Waals surface area contributed by atoms with Gasteiger partial charge in [-0.2, -0.15) is 4.31 Å². The largest absolute Gasteiger partial charge is 0.214 e. The Balaban J connectivity index is 2.70. The van der Waals surface area contributed by atoms with Crippen LogP contribution in [0.25, 0.3) is 0 Å². The van der Waals surface area contributed by atoms with Crippen molar-refractivity contribution in [3.05, 3.63) is 11.6 Å². The molecular formula is C8H15NO2S. The summed E-state index contributed by atoms with van der Waals surface area (Å²) in [7, 11) is -2.96. The molecule has 1 rings (SSSR count). The lowest BCUT2D eigenvalue weighted by Gasteiger charge is -2.23. The summed E-state index contributed by atoms with van der Waals surface area (Å²) in [6.45, 7) is 4.93. The van der Waals surface area contributed by atoms with Crippen LogP contribution in [0, 0.1) is 0 Å². The van der Waals surface area contributed by atoms with E-state index >= 15 is 0 Å². The zero-order valence-electron chi connectivity index (χ0n) is 7.58. The first-order chi connectivity index (χ1) is 5.56. The minimum Gasteiger partial charge on any atom is -0.212 e. The van der Waals surface area contributed by atoms with Crippen molar-refractivity contribution in [3.8, 4) is 0 Å². The van der Waals surface area contributed by atoms with Crippen molar-refractivity contribution in [2.24, 2.45) is 0 Å². The minimum atomic E-state index is -2.96. The van der Waals surface area contributed by atoms with Crippen LogP contribution in [0.3, 0.4) is 0 Å². The molecule has 0 N–H and O–H groups in total. The third-order valence-corrected chi connectivity index (χ3v) is 4.01. The highest BCUT2D eigenvalue weighted by atomic mass is 32.2. The van der Waals surface area contributed by atoms with Crippen LogP contribution in [0.1, 0.15) is 20.3 Å². The molecule has 0 radical (unpaired) electrons. The standard InChI is InChI=1S/C8H15NO2S/c1-3-12(10,11)9-6-4-8(2)5-7-9/h4H,3,5-7H2,1-2H3. The summed E-state index contributed by atoms with van der Waals surface area (Å²) in [5.41, 5.74) is 1.29. The molecule has 0 spiro atoms. The van der Waals surface area contributed by atoms with E-state index in [0.29, 0.717) is 13.1 Å². The summed E-state index contributed by atoms with van der Waals surface area (Å²) in [6.07, 6.45) is 2.86. The summed E-state index contributed by atoms with van der Waals surface area (Å²) < 4.78 is 24.3. The molecule has 0 atom stereocenters. The quantitative estimate of drug-likeness (QED) is 0.607. The molecule has 0 bridgehead atoms. The summed E-state index contributed by atoms with van der Waals surface area (Å²) >= 11 is 0. The number of sulfonamides is 1. The average molecular weight is 189 g/mol. The monoisotopic (exact) mass is 189 g/mol. The van der Waals surface area contributed by atoms with Gasteiger partial charge in [0.2, 0.25) is 10.0 Å². The molecule has 1 heterocycles. The van der Waals surface area contributed by atoms with E-state index in [1.807, 2.05) is 13.0 Å². The van der Waals surface area contributed by atoms with E-state index in [1.165, 1.54) is 5.57 Å². The molecule has 3 nitrogen and oxygen atoms in total. The Morgan fingerprint density at radius 1 is 1.58 bits per heavy atom. The molecule has 0 aromatic carbocycles. The van der Waals surface area contributed by atoms with Crippen LogP contribution in [-0.4, -0.2) is 31.6 Å². The highest BCUT2D eigenvalue weighted by Crippen LogP contribution is 2.13. The fourth-order valence-electron chi connectivity index (χ4n) is 1.19. The van der Waals surface area contributed by atoms with Crippen LogP contribution in [0.15, 0.2) is 11.6 Å². The SMILES string of the molecule is CCS(=O)(=O)N1CC=C(C)CC1. The fraction of sp³-hybridized carbons (Fsp3) is 0.750. The maximum Gasteiger partial charge on any atom is 0.214 e. The predicted molar refractivity (Wildman–Crippen MR) is 49.4 cm³/mol. The van der Waals surface area contributed by atoms with Crippen LogP contribution in [0.4, 0.5) is 0 Å². The molecule has 0 unspecified atom stereocenters. The van der Waals surface area contributed by atoms with Gasteiger partial charge in [-0.1, -0.05) is 11.6 Å².